The number of nitrogens with one attached hydrogen (secondary N) is 1. The molecule has 0 bridgehead atoms. The lowest BCUT2D eigenvalue weighted by Crippen LogP contribution is -2.41. The van der Waals surface area contributed by atoms with Crippen LogP contribution in [0.4, 0.5) is 0 Å². The molecule has 0 aliphatic carbocycles. The van der Waals surface area contributed by atoms with Gasteiger partial charge >= 0.3 is 5.97 Å². The second kappa shape index (κ2) is 8.49. The average molecular weight is 239 g/mol. The summed E-state index contributed by atoms with van der Waals surface area (Å²) in [5.74, 6) is -0.906. The van der Waals surface area contributed by atoms with Crippen LogP contribution in [0.1, 0.15) is 20.8 Å². The van der Waals surface area contributed by atoms with Gasteiger partial charge in [0.2, 0.25) is 5.91 Å². The number of hydrogen-bond acceptors (Lipinski definition) is 4. The Morgan fingerprint density at radius 3 is 2.33 bits per heavy atom. The van der Waals surface area contributed by atoms with Gasteiger partial charge in [-0.3, -0.25) is 9.59 Å². The third-order valence-corrected chi connectivity index (χ3v) is 1.69. The van der Waals surface area contributed by atoms with E-state index in [1.807, 2.05) is 0 Å². The lowest BCUT2D eigenvalue weighted by Gasteiger charge is -2.12. The molecule has 15 heavy (non-hydrogen) atoms. The number of esters is 1. The van der Waals surface area contributed by atoms with Crippen molar-refractivity contribution in [1.82, 2.24) is 5.32 Å². The highest BCUT2D eigenvalue weighted by molar-refractivity contribution is 5.85. The van der Waals surface area contributed by atoms with Crippen LogP contribution in [0.2, 0.25) is 0 Å². The first kappa shape index (κ1) is 16.6. The van der Waals surface area contributed by atoms with Gasteiger partial charge in [0.15, 0.2) is 0 Å². The van der Waals surface area contributed by atoms with E-state index in [1.54, 1.807) is 20.8 Å². The van der Waals surface area contributed by atoms with Crippen molar-refractivity contribution in [2.24, 2.45) is 11.7 Å². The van der Waals surface area contributed by atoms with Gasteiger partial charge < -0.3 is 15.8 Å². The summed E-state index contributed by atoms with van der Waals surface area (Å²) < 4.78 is 4.77. The third kappa shape index (κ3) is 7.16. The zero-order chi connectivity index (χ0) is 11.1. The highest BCUT2D eigenvalue weighted by Crippen LogP contribution is 1.96. The highest BCUT2D eigenvalue weighted by Gasteiger charge is 2.15. The van der Waals surface area contributed by atoms with E-state index in [1.165, 1.54) is 0 Å². The van der Waals surface area contributed by atoms with Gasteiger partial charge in [-0.05, 0) is 13.8 Å². The van der Waals surface area contributed by atoms with Crippen molar-refractivity contribution in [1.29, 1.82) is 0 Å². The second-order valence-electron chi connectivity index (χ2n) is 3.19. The van der Waals surface area contributed by atoms with Gasteiger partial charge in [-0.25, -0.2) is 0 Å². The van der Waals surface area contributed by atoms with Crippen molar-refractivity contribution in [3.63, 3.8) is 0 Å². The Morgan fingerprint density at radius 1 is 1.40 bits per heavy atom. The molecule has 0 rings (SSSR count). The topological polar surface area (TPSA) is 81.4 Å². The Balaban J connectivity index is 0. The van der Waals surface area contributed by atoms with Crippen molar-refractivity contribution in [2.75, 3.05) is 13.2 Å². The molecule has 0 spiro atoms. The first-order chi connectivity index (χ1) is 6.49. The fourth-order valence-corrected chi connectivity index (χ4v) is 0.783. The van der Waals surface area contributed by atoms with E-state index >= 15 is 0 Å². The minimum atomic E-state index is -0.551. The lowest BCUT2D eigenvalue weighted by molar-refractivity contribution is -0.147. The summed E-state index contributed by atoms with van der Waals surface area (Å²) >= 11 is 0. The van der Waals surface area contributed by atoms with Crippen molar-refractivity contribution in [2.45, 2.75) is 26.8 Å². The van der Waals surface area contributed by atoms with E-state index in [4.69, 9.17) is 10.5 Å². The molecule has 90 valence electrons. The minimum absolute atomic E-state index is 0. The summed E-state index contributed by atoms with van der Waals surface area (Å²) in [6.45, 7) is 5.64. The average Bonchev–Trinajstić information content (AvgIpc) is 2.13. The zero-order valence-electron chi connectivity index (χ0n) is 9.28. The van der Waals surface area contributed by atoms with Gasteiger partial charge in [0.05, 0.1) is 18.6 Å². The SMILES string of the molecule is CCOC(=O)C(C)CNC(=O)[C@H](C)N.Cl. The maximum Gasteiger partial charge on any atom is 0.310 e. The molecule has 0 saturated carbocycles. The Kier molecular flexibility index (Phi) is 9.41. The van der Waals surface area contributed by atoms with Crippen molar-refractivity contribution < 1.29 is 14.3 Å². The summed E-state index contributed by atoms with van der Waals surface area (Å²) in [6.07, 6.45) is 0. The molecule has 0 aliphatic rings. The van der Waals surface area contributed by atoms with Crippen LogP contribution in [0, 0.1) is 5.92 Å². The number of carbonyl (C=O) groups is 2. The van der Waals surface area contributed by atoms with Crippen LogP contribution in [0.5, 0.6) is 0 Å². The Hall–Kier alpha value is -0.810. The highest BCUT2D eigenvalue weighted by atomic mass is 35.5. The quantitative estimate of drug-likeness (QED) is 0.665. The van der Waals surface area contributed by atoms with Crippen LogP contribution in [0.3, 0.4) is 0 Å². The normalized spacial score (nSPS) is 13.3. The molecule has 0 heterocycles. The molecule has 0 radical (unpaired) electrons. The Morgan fingerprint density at radius 2 is 1.93 bits per heavy atom. The number of amides is 1. The molecule has 3 N–H and O–H groups in total. The molecule has 1 amide bonds. The number of carbonyl (C=O) groups excluding carboxylic acids is 2. The maximum absolute atomic E-state index is 11.1. The molecular formula is C9H19ClN2O3. The lowest BCUT2D eigenvalue weighted by atomic mass is 10.2. The fraction of sp³-hybridized carbons (Fsp3) is 0.778. The summed E-state index contributed by atoms with van der Waals surface area (Å²) in [7, 11) is 0. The summed E-state index contributed by atoms with van der Waals surface area (Å²) in [5, 5.41) is 2.56. The molecule has 2 atom stereocenters. The van der Waals surface area contributed by atoms with E-state index in [0.717, 1.165) is 0 Å². The largest absolute Gasteiger partial charge is 0.466 e. The molecule has 0 saturated heterocycles. The van der Waals surface area contributed by atoms with E-state index < -0.39 is 6.04 Å². The van der Waals surface area contributed by atoms with Gasteiger partial charge in [0.25, 0.3) is 0 Å². The van der Waals surface area contributed by atoms with Gasteiger partial charge in [-0.1, -0.05) is 6.92 Å². The molecule has 0 aromatic rings. The standard InChI is InChI=1S/C9H18N2O3.ClH/c1-4-14-9(13)6(2)5-11-8(12)7(3)10;/h6-7H,4-5,10H2,1-3H3,(H,11,12);1H/t6?,7-;/m0./s1. The van der Waals surface area contributed by atoms with E-state index in [9.17, 15) is 9.59 Å². The van der Waals surface area contributed by atoms with Gasteiger partial charge in [0, 0.05) is 6.54 Å². The molecule has 5 nitrogen and oxygen atoms in total. The monoisotopic (exact) mass is 238 g/mol. The van der Waals surface area contributed by atoms with Crippen molar-refractivity contribution in [3.8, 4) is 0 Å². The minimum Gasteiger partial charge on any atom is -0.466 e. The summed E-state index contributed by atoms with van der Waals surface area (Å²) in [6, 6.07) is -0.551. The molecule has 6 heteroatoms. The van der Waals surface area contributed by atoms with Gasteiger partial charge in [-0.2, -0.15) is 0 Å². The van der Waals surface area contributed by atoms with E-state index in [0.29, 0.717) is 6.61 Å². The molecule has 0 fully saturated rings. The van der Waals surface area contributed by atoms with Crippen LogP contribution in [0.15, 0.2) is 0 Å². The molecular weight excluding hydrogens is 220 g/mol. The van der Waals surface area contributed by atoms with E-state index in [-0.39, 0.29) is 36.7 Å². The van der Waals surface area contributed by atoms with Crippen molar-refractivity contribution in [3.05, 3.63) is 0 Å². The number of hydrogen-bond donors (Lipinski definition) is 2. The number of nitrogens with two attached hydrogens (primary N) is 1. The summed E-state index contributed by atoms with van der Waals surface area (Å²) in [4.78, 5) is 22.2. The number of halogens is 1. The van der Waals surface area contributed by atoms with Crippen LogP contribution in [0.25, 0.3) is 0 Å². The van der Waals surface area contributed by atoms with Crippen LogP contribution in [-0.2, 0) is 14.3 Å². The molecule has 1 unspecified atom stereocenters. The van der Waals surface area contributed by atoms with Crippen LogP contribution in [-0.4, -0.2) is 31.1 Å². The molecule has 0 aliphatic heterocycles. The Labute approximate surface area is 96.1 Å². The predicted molar refractivity (Wildman–Crippen MR) is 59.7 cm³/mol. The molecule has 0 aromatic heterocycles. The maximum atomic E-state index is 11.1. The first-order valence-corrected chi connectivity index (χ1v) is 4.69. The van der Waals surface area contributed by atoms with Crippen molar-refractivity contribution >= 4 is 24.3 Å². The second-order valence-corrected chi connectivity index (χ2v) is 3.19. The Bertz CT molecular complexity index is 210. The summed E-state index contributed by atoms with van der Waals surface area (Å²) in [5.41, 5.74) is 5.33. The van der Waals surface area contributed by atoms with E-state index in [2.05, 4.69) is 5.32 Å². The smallest absolute Gasteiger partial charge is 0.310 e. The van der Waals surface area contributed by atoms with Crippen LogP contribution < -0.4 is 11.1 Å². The predicted octanol–water partition coefficient (Wildman–Crippen LogP) is 0.0708. The first-order valence-electron chi connectivity index (χ1n) is 4.69. The molecule has 0 aromatic carbocycles. The zero-order valence-corrected chi connectivity index (χ0v) is 10.1. The fourth-order valence-electron chi connectivity index (χ4n) is 0.783. The number of rotatable bonds is 5. The van der Waals surface area contributed by atoms with Crippen LogP contribution >= 0.6 is 12.4 Å². The van der Waals surface area contributed by atoms with Gasteiger partial charge in [0.1, 0.15) is 0 Å². The van der Waals surface area contributed by atoms with Gasteiger partial charge in [-0.15, -0.1) is 12.4 Å². The number of ether oxygens (including phenoxy) is 1. The third-order valence-electron chi connectivity index (χ3n) is 1.69.